The first-order valence-corrected chi connectivity index (χ1v) is 7.72. The van der Waals surface area contributed by atoms with Crippen molar-refractivity contribution in [3.05, 3.63) is 35.9 Å². The van der Waals surface area contributed by atoms with E-state index in [0.29, 0.717) is 13.0 Å². The first-order chi connectivity index (χ1) is 10.3. The molecular weight excluding hydrogens is 283 g/mol. The van der Waals surface area contributed by atoms with Gasteiger partial charge >= 0.3 is 6.09 Å². The number of amides is 1. The maximum atomic E-state index is 14.4. The van der Waals surface area contributed by atoms with Crippen molar-refractivity contribution in [1.29, 1.82) is 0 Å². The van der Waals surface area contributed by atoms with Gasteiger partial charge in [0.1, 0.15) is 6.17 Å². The van der Waals surface area contributed by atoms with Crippen LogP contribution in [0.15, 0.2) is 30.3 Å². The normalized spacial score (nSPS) is 24.1. The number of benzene rings is 1. The van der Waals surface area contributed by atoms with Crippen LogP contribution < -0.4 is 5.32 Å². The van der Waals surface area contributed by atoms with Crippen molar-refractivity contribution in [2.75, 3.05) is 13.1 Å². The van der Waals surface area contributed by atoms with Gasteiger partial charge in [0.2, 0.25) is 0 Å². The smallest absolute Gasteiger partial charge is 0.407 e. The van der Waals surface area contributed by atoms with Gasteiger partial charge in [0, 0.05) is 18.6 Å². The van der Waals surface area contributed by atoms with Crippen molar-refractivity contribution in [2.24, 2.45) is 5.41 Å². The first-order valence-electron chi connectivity index (χ1n) is 7.72. The minimum atomic E-state index is -1.18. The van der Waals surface area contributed by atoms with Gasteiger partial charge in [0.15, 0.2) is 0 Å². The Kier molecular flexibility index (Phi) is 5.06. The Morgan fingerprint density at radius 1 is 1.36 bits per heavy atom. The fourth-order valence-corrected chi connectivity index (χ4v) is 2.97. The van der Waals surface area contributed by atoms with Gasteiger partial charge in [-0.2, -0.15) is 0 Å². The lowest BCUT2D eigenvalue weighted by Gasteiger charge is -2.40. The van der Waals surface area contributed by atoms with E-state index in [-0.39, 0.29) is 24.0 Å². The van der Waals surface area contributed by atoms with Crippen LogP contribution >= 0.6 is 0 Å². The third-order valence-electron chi connectivity index (χ3n) is 4.19. The summed E-state index contributed by atoms with van der Waals surface area (Å²) in [4.78, 5) is 12.1. The van der Waals surface area contributed by atoms with E-state index in [1.807, 2.05) is 30.3 Å². The lowest BCUT2D eigenvalue weighted by molar-refractivity contribution is 0.0776. The number of nitrogens with one attached hydrogen (secondary N) is 1. The summed E-state index contributed by atoms with van der Waals surface area (Å²) >= 11 is 0. The van der Waals surface area contributed by atoms with Crippen LogP contribution in [0.4, 0.5) is 9.18 Å². The van der Waals surface area contributed by atoms with Crippen molar-refractivity contribution < 1.29 is 14.3 Å². The number of halogens is 1. The molecule has 5 heteroatoms. The standard InChI is InChI=1S/C17H25FN2O2/c1-17(2,3)15(12-7-5-4-6-8-12)19-14-9-10-20(16(21)22)11-13(14)18/h4-8,13-15,19H,9-11H2,1-3H3,(H,21,22)/t13-,14+,15?/m1/s1. The van der Waals surface area contributed by atoms with Gasteiger partial charge in [-0.25, -0.2) is 9.18 Å². The second-order valence-electron chi connectivity index (χ2n) is 7.02. The average molecular weight is 308 g/mol. The van der Waals surface area contributed by atoms with Crippen molar-refractivity contribution in [3.63, 3.8) is 0 Å². The quantitative estimate of drug-likeness (QED) is 0.899. The monoisotopic (exact) mass is 308 g/mol. The van der Waals surface area contributed by atoms with Crippen LogP contribution in [0.1, 0.15) is 38.8 Å². The number of piperidine rings is 1. The van der Waals surface area contributed by atoms with Gasteiger partial charge < -0.3 is 15.3 Å². The topological polar surface area (TPSA) is 52.6 Å². The lowest BCUT2D eigenvalue weighted by Crippen LogP contribution is -2.54. The number of carbonyl (C=O) groups is 1. The Bertz CT molecular complexity index is 501. The Morgan fingerprint density at radius 3 is 2.50 bits per heavy atom. The molecule has 1 aliphatic rings. The maximum Gasteiger partial charge on any atom is 0.407 e. The van der Waals surface area contributed by atoms with Crippen LogP contribution in [0, 0.1) is 5.41 Å². The molecule has 4 nitrogen and oxygen atoms in total. The van der Waals surface area contributed by atoms with E-state index in [4.69, 9.17) is 5.11 Å². The Morgan fingerprint density at radius 2 is 2.00 bits per heavy atom. The number of hydrogen-bond donors (Lipinski definition) is 2. The SMILES string of the molecule is CC(C)(C)C(N[C@H]1CCN(C(=O)O)C[C@H]1F)c1ccccc1. The average Bonchev–Trinajstić information content (AvgIpc) is 2.45. The minimum absolute atomic E-state index is 0.0216. The van der Waals surface area contributed by atoms with Gasteiger partial charge in [-0.3, -0.25) is 0 Å². The van der Waals surface area contributed by atoms with Gasteiger partial charge in [-0.15, -0.1) is 0 Å². The summed E-state index contributed by atoms with van der Waals surface area (Å²) < 4.78 is 14.4. The molecule has 1 unspecified atom stereocenters. The molecule has 0 saturated carbocycles. The summed E-state index contributed by atoms with van der Waals surface area (Å²) in [6.45, 7) is 6.68. The molecule has 1 heterocycles. The summed E-state index contributed by atoms with van der Waals surface area (Å²) in [6.07, 6.45) is -1.73. The summed E-state index contributed by atoms with van der Waals surface area (Å²) in [7, 11) is 0. The highest BCUT2D eigenvalue weighted by molar-refractivity contribution is 5.65. The number of carboxylic acid groups (broad SMARTS) is 1. The van der Waals surface area contributed by atoms with Crippen LogP contribution in [0.25, 0.3) is 0 Å². The molecule has 0 radical (unpaired) electrons. The van der Waals surface area contributed by atoms with Gasteiger partial charge in [0.05, 0.1) is 6.54 Å². The predicted octanol–water partition coefficient (Wildman–Crippen LogP) is 3.45. The third kappa shape index (κ3) is 3.97. The van der Waals surface area contributed by atoms with E-state index in [1.54, 1.807) is 0 Å². The highest BCUT2D eigenvalue weighted by atomic mass is 19.1. The fraction of sp³-hybridized carbons (Fsp3) is 0.588. The fourth-order valence-electron chi connectivity index (χ4n) is 2.97. The molecule has 1 saturated heterocycles. The molecule has 1 aromatic rings. The first kappa shape index (κ1) is 16.7. The molecule has 2 N–H and O–H groups in total. The molecule has 3 atom stereocenters. The minimum Gasteiger partial charge on any atom is -0.465 e. The van der Waals surface area contributed by atoms with E-state index in [2.05, 4.69) is 26.1 Å². The second-order valence-corrected chi connectivity index (χ2v) is 7.02. The van der Waals surface area contributed by atoms with Gasteiger partial charge in [-0.1, -0.05) is 51.1 Å². The summed E-state index contributed by atoms with van der Waals surface area (Å²) in [5.74, 6) is 0. The van der Waals surface area contributed by atoms with E-state index >= 15 is 0 Å². The van der Waals surface area contributed by atoms with Crippen molar-refractivity contribution in [3.8, 4) is 0 Å². The Labute approximate surface area is 131 Å². The molecule has 22 heavy (non-hydrogen) atoms. The van der Waals surface area contributed by atoms with Crippen molar-refractivity contribution >= 4 is 6.09 Å². The third-order valence-corrected chi connectivity index (χ3v) is 4.19. The van der Waals surface area contributed by atoms with Crippen LogP contribution in [-0.4, -0.2) is 41.4 Å². The zero-order valence-electron chi connectivity index (χ0n) is 13.4. The molecule has 1 aromatic carbocycles. The largest absolute Gasteiger partial charge is 0.465 e. The molecule has 1 amide bonds. The number of alkyl halides is 1. The molecule has 122 valence electrons. The highest BCUT2D eigenvalue weighted by Gasteiger charge is 2.35. The summed E-state index contributed by atoms with van der Waals surface area (Å²) in [6, 6.07) is 9.72. The highest BCUT2D eigenvalue weighted by Crippen LogP contribution is 2.34. The van der Waals surface area contributed by atoms with Gasteiger partial charge in [-0.05, 0) is 17.4 Å². The number of rotatable bonds is 3. The summed E-state index contributed by atoms with van der Waals surface area (Å²) in [5, 5.41) is 12.4. The lowest BCUT2D eigenvalue weighted by atomic mass is 9.81. The Balaban J connectivity index is 2.10. The number of hydrogen-bond acceptors (Lipinski definition) is 2. The van der Waals surface area contributed by atoms with Crippen LogP contribution in [0.3, 0.4) is 0 Å². The van der Waals surface area contributed by atoms with Gasteiger partial charge in [0.25, 0.3) is 0 Å². The maximum absolute atomic E-state index is 14.4. The molecule has 2 rings (SSSR count). The molecule has 1 aliphatic heterocycles. The molecule has 1 fully saturated rings. The van der Waals surface area contributed by atoms with E-state index < -0.39 is 12.3 Å². The summed E-state index contributed by atoms with van der Waals surface area (Å²) in [5.41, 5.74) is 1.06. The van der Waals surface area contributed by atoms with Crippen LogP contribution in [-0.2, 0) is 0 Å². The van der Waals surface area contributed by atoms with E-state index in [1.165, 1.54) is 0 Å². The molecule has 0 aliphatic carbocycles. The molecular formula is C17H25FN2O2. The van der Waals surface area contributed by atoms with E-state index in [0.717, 1.165) is 10.5 Å². The van der Waals surface area contributed by atoms with E-state index in [9.17, 15) is 9.18 Å². The second kappa shape index (κ2) is 6.65. The number of nitrogens with zero attached hydrogens (tertiary/aromatic N) is 1. The molecule has 0 bridgehead atoms. The number of likely N-dealkylation sites (tertiary alicyclic amines) is 1. The Hall–Kier alpha value is -1.62. The van der Waals surface area contributed by atoms with Crippen LogP contribution in [0.5, 0.6) is 0 Å². The molecule has 0 spiro atoms. The van der Waals surface area contributed by atoms with Crippen molar-refractivity contribution in [1.82, 2.24) is 10.2 Å². The zero-order chi connectivity index (χ0) is 16.3. The zero-order valence-corrected chi connectivity index (χ0v) is 13.4. The van der Waals surface area contributed by atoms with Crippen LogP contribution in [0.2, 0.25) is 0 Å². The predicted molar refractivity (Wildman–Crippen MR) is 84.7 cm³/mol. The van der Waals surface area contributed by atoms with Crippen molar-refractivity contribution in [2.45, 2.75) is 45.4 Å². The molecule has 0 aromatic heterocycles.